The highest BCUT2D eigenvalue weighted by Gasteiger charge is 2.43. The number of hydrogen-bond acceptors (Lipinski definition) is 4. The molecule has 2 saturated heterocycles. The fourth-order valence-corrected chi connectivity index (χ4v) is 7.33. The Balaban J connectivity index is 2.08. The topological polar surface area (TPSA) is 68.3 Å². The van der Waals surface area contributed by atoms with Gasteiger partial charge >= 0.3 is 0 Å². The van der Waals surface area contributed by atoms with Crippen LogP contribution in [0.25, 0.3) is 0 Å². The van der Waals surface area contributed by atoms with E-state index in [4.69, 9.17) is 6.42 Å². The lowest BCUT2D eigenvalue weighted by molar-refractivity contribution is 0.479. The maximum absolute atomic E-state index is 11.9. The van der Waals surface area contributed by atoms with Crippen molar-refractivity contribution in [2.45, 2.75) is 37.7 Å². The lowest BCUT2D eigenvalue weighted by Crippen LogP contribution is -2.18. The summed E-state index contributed by atoms with van der Waals surface area (Å²) in [5.74, 6) is 8.19. The molecule has 2 fully saturated rings. The normalized spacial score (nSPS) is 42.3. The third kappa shape index (κ3) is 3.05. The van der Waals surface area contributed by atoms with Gasteiger partial charge in [-0.15, -0.1) is 18.3 Å². The second kappa shape index (κ2) is 5.91. The van der Waals surface area contributed by atoms with E-state index in [1.165, 1.54) is 0 Å². The van der Waals surface area contributed by atoms with Crippen LogP contribution < -0.4 is 0 Å². The third-order valence-electron chi connectivity index (χ3n) is 5.22. The molecular formula is C16H22O4S2. The van der Waals surface area contributed by atoms with Gasteiger partial charge in [-0.1, -0.05) is 12.8 Å². The van der Waals surface area contributed by atoms with Gasteiger partial charge in [0.15, 0.2) is 19.7 Å². The van der Waals surface area contributed by atoms with Crippen LogP contribution in [0.4, 0.5) is 0 Å². The Morgan fingerprint density at radius 3 is 2.09 bits per heavy atom. The van der Waals surface area contributed by atoms with E-state index in [-0.39, 0.29) is 40.4 Å². The van der Waals surface area contributed by atoms with Crippen molar-refractivity contribution in [3.8, 4) is 24.2 Å². The van der Waals surface area contributed by atoms with Crippen LogP contribution in [0.15, 0.2) is 0 Å². The average molecular weight is 342 g/mol. The molecule has 122 valence electrons. The maximum Gasteiger partial charge on any atom is 0.154 e. The summed E-state index contributed by atoms with van der Waals surface area (Å²) in [4.78, 5) is 0. The van der Waals surface area contributed by atoms with Crippen molar-refractivity contribution in [1.82, 2.24) is 0 Å². The Morgan fingerprint density at radius 1 is 1.00 bits per heavy atom. The number of rotatable bonds is 1. The van der Waals surface area contributed by atoms with Gasteiger partial charge in [0.1, 0.15) is 0 Å². The molecule has 0 aromatic heterocycles. The molecule has 22 heavy (non-hydrogen) atoms. The first-order valence-electron chi connectivity index (χ1n) is 7.48. The SMILES string of the molecule is C#CC1C(CC#CC2CS(=O)(=O)C(C)C2C)CS(=O)(=O)C1C. The zero-order valence-electron chi connectivity index (χ0n) is 13.1. The van der Waals surface area contributed by atoms with Gasteiger partial charge in [0.2, 0.25) is 0 Å². The smallest absolute Gasteiger partial charge is 0.154 e. The second-order valence-electron chi connectivity index (χ2n) is 6.51. The Kier molecular flexibility index (Phi) is 4.66. The molecule has 2 aliphatic heterocycles. The molecule has 6 unspecified atom stereocenters. The summed E-state index contributed by atoms with van der Waals surface area (Å²) < 4.78 is 47.5. The van der Waals surface area contributed by atoms with E-state index >= 15 is 0 Å². The van der Waals surface area contributed by atoms with Gasteiger partial charge < -0.3 is 0 Å². The number of hydrogen-bond donors (Lipinski definition) is 0. The molecule has 2 aliphatic rings. The average Bonchev–Trinajstić information content (AvgIpc) is 2.76. The van der Waals surface area contributed by atoms with Gasteiger partial charge in [-0.3, -0.25) is 0 Å². The Bertz CT molecular complexity index is 746. The highest BCUT2D eigenvalue weighted by molar-refractivity contribution is 7.92. The van der Waals surface area contributed by atoms with Crippen molar-refractivity contribution in [2.24, 2.45) is 23.7 Å². The Labute approximate surface area is 133 Å². The largest absolute Gasteiger partial charge is 0.229 e. The van der Waals surface area contributed by atoms with E-state index < -0.39 is 24.9 Å². The molecule has 0 saturated carbocycles. The summed E-state index contributed by atoms with van der Waals surface area (Å²) in [5, 5.41) is -0.882. The predicted molar refractivity (Wildman–Crippen MR) is 87.4 cm³/mol. The van der Waals surface area contributed by atoms with E-state index in [1.54, 1.807) is 13.8 Å². The van der Waals surface area contributed by atoms with Crippen LogP contribution in [0.5, 0.6) is 0 Å². The third-order valence-corrected chi connectivity index (χ3v) is 9.93. The quantitative estimate of drug-likeness (QED) is 0.670. The molecule has 0 N–H and O–H groups in total. The van der Waals surface area contributed by atoms with Crippen molar-refractivity contribution >= 4 is 19.7 Å². The van der Waals surface area contributed by atoms with Crippen LogP contribution in [0.3, 0.4) is 0 Å². The molecular weight excluding hydrogens is 320 g/mol. The number of sulfone groups is 2. The summed E-state index contributed by atoms with van der Waals surface area (Å²) >= 11 is 0. The predicted octanol–water partition coefficient (Wildman–Crippen LogP) is 1.13. The van der Waals surface area contributed by atoms with E-state index in [2.05, 4.69) is 17.8 Å². The minimum atomic E-state index is -3.13. The first-order valence-corrected chi connectivity index (χ1v) is 10.9. The van der Waals surface area contributed by atoms with Gasteiger partial charge in [-0.2, -0.15) is 0 Å². The van der Waals surface area contributed by atoms with Crippen LogP contribution in [0, 0.1) is 47.9 Å². The monoisotopic (exact) mass is 342 g/mol. The molecule has 0 amide bonds. The zero-order chi connectivity index (χ0) is 16.7. The van der Waals surface area contributed by atoms with Crippen molar-refractivity contribution in [2.75, 3.05) is 11.5 Å². The van der Waals surface area contributed by atoms with E-state index in [1.807, 2.05) is 6.92 Å². The first kappa shape index (κ1) is 17.4. The molecule has 6 heteroatoms. The molecule has 2 heterocycles. The van der Waals surface area contributed by atoms with E-state index in [9.17, 15) is 16.8 Å². The van der Waals surface area contributed by atoms with Crippen molar-refractivity contribution in [3.63, 3.8) is 0 Å². The van der Waals surface area contributed by atoms with E-state index in [0.717, 1.165) is 0 Å². The van der Waals surface area contributed by atoms with Crippen LogP contribution in [0.1, 0.15) is 27.2 Å². The fourth-order valence-electron chi connectivity index (χ4n) is 3.32. The molecule has 0 aromatic carbocycles. The molecule has 4 nitrogen and oxygen atoms in total. The lowest BCUT2D eigenvalue weighted by Gasteiger charge is -2.12. The van der Waals surface area contributed by atoms with Crippen LogP contribution in [0.2, 0.25) is 0 Å². The maximum atomic E-state index is 11.9. The van der Waals surface area contributed by atoms with Crippen LogP contribution in [-0.2, 0) is 19.7 Å². The van der Waals surface area contributed by atoms with Crippen molar-refractivity contribution < 1.29 is 16.8 Å². The summed E-state index contributed by atoms with van der Waals surface area (Å²) in [7, 11) is -6.18. The van der Waals surface area contributed by atoms with E-state index in [0.29, 0.717) is 6.42 Å². The molecule has 0 aliphatic carbocycles. The Hall–Kier alpha value is -0.980. The van der Waals surface area contributed by atoms with Crippen molar-refractivity contribution in [1.29, 1.82) is 0 Å². The first-order chi connectivity index (χ1) is 10.1. The van der Waals surface area contributed by atoms with Crippen LogP contribution >= 0.6 is 0 Å². The summed E-state index contributed by atoms with van der Waals surface area (Å²) in [5.41, 5.74) is 0. The fraction of sp³-hybridized carbons (Fsp3) is 0.750. The minimum Gasteiger partial charge on any atom is -0.229 e. The van der Waals surface area contributed by atoms with Gasteiger partial charge in [0, 0.05) is 18.3 Å². The van der Waals surface area contributed by atoms with Crippen molar-refractivity contribution in [3.05, 3.63) is 0 Å². The highest BCUT2D eigenvalue weighted by atomic mass is 32.2. The highest BCUT2D eigenvalue weighted by Crippen LogP contribution is 2.34. The summed E-state index contributed by atoms with van der Waals surface area (Å²) in [6.07, 6.45) is 5.88. The molecule has 0 radical (unpaired) electrons. The molecule has 0 spiro atoms. The Morgan fingerprint density at radius 2 is 1.59 bits per heavy atom. The zero-order valence-corrected chi connectivity index (χ0v) is 14.7. The van der Waals surface area contributed by atoms with Crippen LogP contribution in [-0.4, -0.2) is 38.8 Å². The minimum absolute atomic E-state index is 0.00663. The standard InChI is InChI=1S/C16H22O4S2/c1-5-16-13(4)22(19,20)10-15(16)8-6-7-14-9-21(17,18)12(3)11(14)2/h1,11-16H,8-10H2,2-4H3. The molecule has 0 aromatic rings. The second-order valence-corrected chi connectivity index (χ2v) is 11.3. The van der Waals surface area contributed by atoms with Gasteiger partial charge in [-0.25, -0.2) is 16.8 Å². The van der Waals surface area contributed by atoms with Gasteiger partial charge in [0.05, 0.1) is 22.0 Å². The summed E-state index contributed by atoms with van der Waals surface area (Å²) in [6.45, 7) is 5.28. The molecule has 2 rings (SSSR count). The lowest BCUT2D eigenvalue weighted by atomic mass is 9.89. The van der Waals surface area contributed by atoms with Gasteiger partial charge in [0.25, 0.3) is 0 Å². The van der Waals surface area contributed by atoms with Gasteiger partial charge in [-0.05, 0) is 25.7 Å². The molecule has 0 bridgehead atoms. The number of terminal acetylenes is 1. The molecule has 6 atom stereocenters. The summed E-state index contributed by atoms with van der Waals surface area (Å²) in [6, 6.07) is 0.